The summed E-state index contributed by atoms with van der Waals surface area (Å²) in [5.74, 6) is 0. The summed E-state index contributed by atoms with van der Waals surface area (Å²) in [6.45, 7) is 7.05. The van der Waals surface area contributed by atoms with Crippen LogP contribution in [0.15, 0.2) is 58.2 Å². The zero-order valence-corrected chi connectivity index (χ0v) is 18.3. The Morgan fingerprint density at radius 2 is 1.65 bits per heavy atom. The lowest BCUT2D eigenvalue weighted by Gasteiger charge is -2.25. The molecule has 4 rings (SSSR count). The molecular weight excluding hydrogens is 412 g/mol. The van der Waals surface area contributed by atoms with Gasteiger partial charge in [0.15, 0.2) is 0 Å². The van der Waals surface area contributed by atoms with E-state index < -0.39 is 10.0 Å². The van der Waals surface area contributed by atoms with Gasteiger partial charge < -0.3 is 5.32 Å². The minimum Gasteiger partial charge on any atom is -0.361 e. The molecule has 1 aliphatic rings. The average molecular weight is 439 g/mol. The monoisotopic (exact) mass is 438 g/mol. The Hall–Kier alpha value is -3.10. The van der Waals surface area contributed by atoms with Crippen LogP contribution in [0.3, 0.4) is 0 Å². The van der Waals surface area contributed by atoms with Crippen LogP contribution in [-0.4, -0.2) is 35.6 Å². The third-order valence-electron chi connectivity index (χ3n) is 5.49. The van der Waals surface area contributed by atoms with E-state index in [0.717, 1.165) is 30.5 Å². The molecule has 162 valence electrons. The lowest BCUT2D eigenvalue weighted by atomic mass is 10.2. The van der Waals surface area contributed by atoms with Crippen LogP contribution in [0.5, 0.6) is 0 Å². The molecule has 1 fully saturated rings. The van der Waals surface area contributed by atoms with Crippen molar-refractivity contribution in [1.29, 1.82) is 0 Å². The van der Waals surface area contributed by atoms with E-state index in [1.54, 1.807) is 34.8 Å². The zero-order valence-electron chi connectivity index (χ0n) is 17.5. The number of aromatic amines is 1. The van der Waals surface area contributed by atoms with E-state index in [9.17, 15) is 13.2 Å². The SMILES string of the molecule is C=c1[nH]n(-c2ccc(C)cc2)c(=O)c1=CNc1ccc(S(=O)(=O)N2CCCCC2)cc1. The minimum absolute atomic E-state index is 0.217. The second-order valence-corrected chi connectivity index (χ2v) is 9.70. The van der Waals surface area contributed by atoms with E-state index in [1.807, 2.05) is 31.2 Å². The van der Waals surface area contributed by atoms with Crippen LogP contribution in [0.2, 0.25) is 0 Å². The highest BCUT2D eigenvalue weighted by molar-refractivity contribution is 7.89. The van der Waals surface area contributed by atoms with Gasteiger partial charge in [0.05, 0.1) is 21.2 Å². The molecule has 7 nitrogen and oxygen atoms in total. The number of benzene rings is 2. The maximum atomic E-state index is 12.8. The Morgan fingerprint density at radius 1 is 1.00 bits per heavy atom. The van der Waals surface area contributed by atoms with E-state index in [-0.39, 0.29) is 10.5 Å². The maximum absolute atomic E-state index is 12.8. The summed E-state index contributed by atoms with van der Waals surface area (Å²) < 4.78 is 28.5. The first-order valence-corrected chi connectivity index (χ1v) is 11.7. The average Bonchev–Trinajstić information content (AvgIpc) is 3.07. The van der Waals surface area contributed by atoms with Crippen molar-refractivity contribution in [2.75, 3.05) is 18.4 Å². The van der Waals surface area contributed by atoms with Crippen molar-refractivity contribution >= 4 is 28.5 Å². The van der Waals surface area contributed by atoms with Gasteiger partial charge in [-0.2, -0.15) is 4.31 Å². The van der Waals surface area contributed by atoms with Gasteiger partial charge in [0.2, 0.25) is 10.0 Å². The summed E-state index contributed by atoms with van der Waals surface area (Å²) in [6, 6.07) is 14.2. The number of hydrogen-bond acceptors (Lipinski definition) is 4. The number of anilines is 1. The molecule has 0 radical (unpaired) electrons. The summed E-state index contributed by atoms with van der Waals surface area (Å²) in [5.41, 5.74) is 2.30. The van der Waals surface area contributed by atoms with Gasteiger partial charge in [-0.1, -0.05) is 30.7 Å². The molecule has 1 aliphatic heterocycles. The molecule has 8 heteroatoms. The van der Waals surface area contributed by atoms with Crippen molar-refractivity contribution in [2.24, 2.45) is 0 Å². The molecule has 0 aliphatic carbocycles. The van der Waals surface area contributed by atoms with Crippen LogP contribution in [-0.2, 0) is 10.0 Å². The van der Waals surface area contributed by atoms with Gasteiger partial charge in [0, 0.05) is 25.0 Å². The van der Waals surface area contributed by atoms with Crippen LogP contribution in [0.4, 0.5) is 5.69 Å². The van der Waals surface area contributed by atoms with E-state index in [2.05, 4.69) is 17.0 Å². The lowest BCUT2D eigenvalue weighted by molar-refractivity contribution is 0.346. The predicted octanol–water partition coefficient (Wildman–Crippen LogP) is 1.91. The zero-order chi connectivity index (χ0) is 22.0. The summed E-state index contributed by atoms with van der Waals surface area (Å²) in [7, 11) is -3.46. The first-order valence-electron chi connectivity index (χ1n) is 10.3. The molecule has 0 bridgehead atoms. The van der Waals surface area contributed by atoms with E-state index >= 15 is 0 Å². The summed E-state index contributed by atoms with van der Waals surface area (Å²) in [6.07, 6.45) is 4.46. The van der Waals surface area contributed by atoms with Gasteiger partial charge in [-0.25, -0.2) is 13.1 Å². The largest absolute Gasteiger partial charge is 0.361 e. The fraction of sp³-hybridized carbons (Fsp3) is 0.261. The van der Waals surface area contributed by atoms with E-state index in [1.165, 1.54) is 4.68 Å². The number of sulfonamides is 1. The number of hydrogen-bond donors (Lipinski definition) is 2. The van der Waals surface area contributed by atoms with Gasteiger partial charge in [-0.05, 0) is 56.2 Å². The molecule has 31 heavy (non-hydrogen) atoms. The van der Waals surface area contributed by atoms with Crippen molar-refractivity contribution in [3.8, 4) is 5.69 Å². The quantitative estimate of drug-likeness (QED) is 0.637. The van der Waals surface area contributed by atoms with Crippen molar-refractivity contribution in [3.63, 3.8) is 0 Å². The van der Waals surface area contributed by atoms with Crippen molar-refractivity contribution in [2.45, 2.75) is 31.1 Å². The fourth-order valence-electron chi connectivity index (χ4n) is 3.65. The number of nitrogens with zero attached hydrogens (tertiary/aromatic N) is 2. The third kappa shape index (κ3) is 4.35. The maximum Gasteiger partial charge on any atom is 0.280 e. The molecule has 3 aromatic rings. The second-order valence-electron chi connectivity index (χ2n) is 7.76. The van der Waals surface area contributed by atoms with Gasteiger partial charge in [0.25, 0.3) is 5.56 Å². The van der Waals surface area contributed by atoms with Crippen LogP contribution in [0.1, 0.15) is 24.8 Å². The number of aromatic nitrogens is 2. The van der Waals surface area contributed by atoms with Crippen molar-refractivity contribution in [1.82, 2.24) is 14.1 Å². The highest BCUT2D eigenvalue weighted by atomic mass is 32.2. The third-order valence-corrected chi connectivity index (χ3v) is 7.40. The number of aryl methyl sites for hydroxylation is 1. The topological polar surface area (TPSA) is 87.2 Å². The predicted molar refractivity (Wildman–Crippen MR) is 123 cm³/mol. The molecule has 0 saturated carbocycles. The Kier molecular flexibility index (Phi) is 5.84. The van der Waals surface area contributed by atoms with Crippen LogP contribution in [0.25, 0.3) is 18.5 Å². The first-order chi connectivity index (χ1) is 14.9. The number of piperidine rings is 1. The minimum atomic E-state index is -3.46. The molecule has 0 spiro atoms. The second kappa shape index (κ2) is 8.56. The van der Waals surface area contributed by atoms with Crippen molar-refractivity contribution in [3.05, 3.63) is 75.0 Å². The highest BCUT2D eigenvalue weighted by Gasteiger charge is 2.25. The molecule has 0 atom stereocenters. The molecule has 1 saturated heterocycles. The molecular formula is C23H26N4O3S. The van der Waals surface area contributed by atoms with Gasteiger partial charge in [-0.15, -0.1) is 0 Å². The summed E-state index contributed by atoms with van der Waals surface area (Å²) >= 11 is 0. The molecule has 2 N–H and O–H groups in total. The van der Waals surface area contributed by atoms with Gasteiger partial charge in [0.1, 0.15) is 0 Å². The molecule has 2 heterocycles. The number of rotatable bonds is 5. The smallest absolute Gasteiger partial charge is 0.280 e. The van der Waals surface area contributed by atoms with Crippen LogP contribution in [0, 0.1) is 6.92 Å². The number of nitrogens with one attached hydrogen (secondary N) is 2. The highest BCUT2D eigenvalue weighted by Crippen LogP contribution is 2.21. The van der Waals surface area contributed by atoms with E-state index in [4.69, 9.17) is 0 Å². The Morgan fingerprint density at radius 3 is 2.29 bits per heavy atom. The normalized spacial score (nSPS) is 15.8. The Bertz CT molecular complexity index is 1330. The summed E-state index contributed by atoms with van der Waals surface area (Å²) in [5, 5.41) is 6.95. The van der Waals surface area contributed by atoms with Gasteiger partial charge in [-0.3, -0.25) is 9.89 Å². The molecule has 0 amide bonds. The lowest BCUT2D eigenvalue weighted by Crippen LogP contribution is -2.35. The fourth-order valence-corrected chi connectivity index (χ4v) is 5.17. The molecule has 1 aromatic heterocycles. The summed E-state index contributed by atoms with van der Waals surface area (Å²) in [4.78, 5) is 13.1. The Balaban J connectivity index is 1.56. The number of H-pyrrole nitrogens is 1. The van der Waals surface area contributed by atoms with Crippen LogP contribution >= 0.6 is 0 Å². The first kappa shape index (κ1) is 21.1. The standard InChI is InChI=1S/C23H26N4O3S/c1-17-6-10-20(11-7-17)27-23(28)22(18(2)25-27)16-24-19-8-12-21(13-9-19)31(29,30)26-14-4-3-5-15-26/h6-13,16,24-25H,2-5,14-15H2,1H3. The molecule has 0 unspecified atom stereocenters. The van der Waals surface area contributed by atoms with Gasteiger partial charge >= 0.3 is 0 Å². The van der Waals surface area contributed by atoms with Crippen LogP contribution < -0.4 is 21.4 Å². The Labute approximate surface area is 181 Å². The van der Waals surface area contributed by atoms with E-state index in [0.29, 0.717) is 29.3 Å². The molecule has 2 aromatic carbocycles. The van der Waals surface area contributed by atoms with Crippen molar-refractivity contribution < 1.29 is 8.42 Å².